The van der Waals surface area contributed by atoms with Gasteiger partial charge in [-0.3, -0.25) is 4.90 Å². The molecule has 1 aliphatic heterocycles. The fourth-order valence-corrected chi connectivity index (χ4v) is 5.95. The number of hydrogen-bond acceptors (Lipinski definition) is 5. The molecule has 2 aromatic heterocycles. The van der Waals surface area contributed by atoms with Gasteiger partial charge < -0.3 is 5.73 Å². The van der Waals surface area contributed by atoms with Crippen LogP contribution in [0.2, 0.25) is 0 Å². The predicted molar refractivity (Wildman–Crippen MR) is 112 cm³/mol. The summed E-state index contributed by atoms with van der Waals surface area (Å²) in [7, 11) is 0. The number of nitrogens with two attached hydrogens (primary N) is 1. The summed E-state index contributed by atoms with van der Waals surface area (Å²) in [5.74, 6) is -0.189. The largest absolute Gasteiger partial charge is 0.390 e. The van der Waals surface area contributed by atoms with Crippen molar-refractivity contribution in [3.05, 3.63) is 70.4 Å². The molecule has 0 spiro atoms. The van der Waals surface area contributed by atoms with Crippen LogP contribution in [0.5, 0.6) is 0 Å². The Morgan fingerprint density at radius 1 is 1.07 bits per heavy atom. The lowest BCUT2D eigenvalue weighted by atomic mass is 10.0. The van der Waals surface area contributed by atoms with Crippen LogP contribution < -0.4 is 5.73 Å². The van der Waals surface area contributed by atoms with Crippen LogP contribution in [0.1, 0.15) is 16.0 Å². The average molecular weight is 396 g/mol. The van der Waals surface area contributed by atoms with E-state index in [0.717, 1.165) is 52.7 Å². The summed E-state index contributed by atoms with van der Waals surface area (Å²) in [5, 5.41) is 1.89. The molecule has 1 aliphatic rings. The van der Waals surface area contributed by atoms with Crippen molar-refractivity contribution in [3.8, 4) is 10.6 Å². The van der Waals surface area contributed by atoms with Crippen LogP contribution in [0, 0.1) is 5.82 Å². The quantitative estimate of drug-likeness (QED) is 0.511. The first-order chi connectivity index (χ1) is 13.2. The number of aromatic nitrogens is 1. The van der Waals surface area contributed by atoms with Crippen LogP contribution in [0.3, 0.4) is 0 Å². The van der Waals surface area contributed by atoms with Crippen LogP contribution in [0.15, 0.2) is 48.5 Å². The van der Waals surface area contributed by atoms with Crippen molar-refractivity contribution in [1.82, 2.24) is 9.88 Å². The Balaban J connectivity index is 1.43. The lowest BCUT2D eigenvalue weighted by Gasteiger charge is -2.27. The molecule has 0 radical (unpaired) electrons. The molecule has 0 bridgehead atoms. The van der Waals surface area contributed by atoms with Crippen molar-refractivity contribution in [1.29, 1.82) is 0 Å². The Labute approximate surface area is 164 Å². The van der Waals surface area contributed by atoms with E-state index in [1.165, 1.54) is 27.3 Å². The summed E-state index contributed by atoms with van der Waals surface area (Å²) < 4.78 is 14.3. The van der Waals surface area contributed by atoms with Gasteiger partial charge in [-0.15, -0.1) is 22.7 Å². The molecule has 3 nitrogen and oxygen atoms in total. The second-order valence-corrected chi connectivity index (χ2v) is 8.98. The maximum Gasteiger partial charge on any atom is 0.127 e. The van der Waals surface area contributed by atoms with Gasteiger partial charge in [-0.1, -0.05) is 24.3 Å². The number of nitrogens with zero attached hydrogens (tertiary/aromatic N) is 2. The fraction of sp³-hybridized carbons (Fsp3) is 0.190. The molecule has 136 valence electrons. The minimum Gasteiger partial charge on any atom is -0.390 e. The maximum absolute atomic E-state index is 13.1. The molecule has 5 rings (SSSR count). The second kappa shape index (κ2) is 6.71. The first kappa shape index (κ1) is 16.9. The molecule has 0 saturated heterocycles. The van der Waals surface area contributed by atoms with Gasteiger partial charge >= 0.3 is 0 Å². The zero-order chi connectivity index (χ0) is 18.4. The molecular formula is C21H18FN3S2. The van der Waals surface area contributed by atoms with Crippen molar-refractivity contribution >= 4 is 37.9 Å². The Kier molecular flexibility index (Phi) is 4.19. The van der Waals surface area contributed by atoms with Crippen LogP contribution in [0.25, 0.3) is 20.8 Å². The third-order valence-electron chi connectivity index (χ3n) is 4.99. The fourth-order valence-electron chi connectivity index (χ4n) is 3.67. The molecule has 0 aliphatic carbocycles. The van der Waals surface area contributed by atoms with Crippen molar-refractivity contribution in [2.24, 2.45) is 0 Å². The molecule has 27 heavy (non-hydrogen) atoms. The summed E-state index contributed by atoms with van der Waals surface area (Å²) in [5.41, 5.74) is 11.1. The third kappa shape index (κ3) is 3.14. The Morgan fingerprint density at radius 2 is 1.89 bits per heavy atom. The van der Waals surface area contributed by atoms with Gasteiger partial charge in [-0.05, 0) is 41.8 Å². The molecule has 6 heteroatoms. The smallest absolute Gasteiger partial charge is 0.127 e. The van der Waals surface area contributed by atoms with E-state index in [-0.39, 0.29) is 5.82 Å². The highest BCUT2D eigenvalue weighted by molar-refractivity contribution is 7.22. The SMILES string of the molecule is Nc1sc2c(c1-c1nc3ccccc3s1)CCN(Cc1ccc(F)cc1)C2. The normalized spacial score (nSPS) is 14.6. The third-order valence-corrected chi connectivity index (χ3v) is 7.09. The van der Waals surface area contributed by atoms with Gasteiger partial charge in [0, 0.05) is 30.1 Å². The van der Waals surface area contributed by atoms with Gasteiger partial charge in [0.05, 0.1) is 15.2 Å². The second-order valence-electron chi connectivity index (χ2n) is 6.82. The van der Waals surface area contributed by atoms with E-state index in [1.807, 2.05) is 24.3 Å². The molecule has 0 atom stereocenters. The summed E-state index contributed by atoms with van der Waals surface area (Å²) in [6.45, 7) is 2.68. The monoisotopic (exact) mass is 395 g/mol. The highest BCUT2D eigenvalue weighted by Gasteiger charge is 2.26. The standard InChI is InChI=1S/C21H18FN3S2/c22-14-7-5-13(6-8-14)11-25-10-9-15-18(12-25)26-20(23)19(15)21-24-16-3-1-2-4-17(16)27-21/h1-8H,9-12,23H2. The molecule has 2 N–H and O–H groups in total. The summed E-state index contributed by atoms with van der Waals surface area (Å²) >= 11 is 3.39. The lowest BCUT2D eigenvalue weighted by molar-refractivity contribution is 0.249. The molecule has 3 heterocycles. The number of rotatable bonds is 3. The Morgan fingerprint density at radius 3 is 2.70 bits per heavy atom. The Hall–Kier alpha value is -2.28. The molecule has 0 saturated carbocycles. The predicted octanol–water partition coefficient (Wildman–Crippen LogP) is 5.30. The number of halogens is 1. The van der Waals surface area contributed by atoms with E-state index >= 15 is 0 Å². The number of benzene rings is 2. The highest BCUT2D eigenvalue weighted by Crippen LogP contribution is 2.44. The van der Waals surface area contributed by atoms with Crippen LogP contribution in [0.4, 0.5) is 9.39 Å². The number of nitrogen functional groups attached to an aromatic ring is 1. The molecule has 0 amide bonds. The first-order valence-corrected chi connectivity index (χ1v) is 10.5. The van der Waals surface area contributed by atoms with Gasteiger partial charge in [-0.25, -0.2) is 9.37 Å². The molecule has 0 fully saturated rings. The molecule has 2 aromatic carbocycles. The number of hydrogen-bond donors (Lipinski definition) is 1. The van der Waals surface area contributed by atoms with E-state index in [0.29, 0.717) is 0 Å². The number of thiophene rings is 1. The van der Waals surface area contributed by atoms with Crippen molar-refractivity contribution in [2.45, 2.75) is 19.5 Å². The topological polar surface area (TPSA) is 42.1 Å². The summed E-state index contributed by atoms with van der Waals surface area (Å²) in [4.78, 5) is 8.54. The van der Waals surface area contributed by atoms with Crippen molar-refractivity contribution in [3.63, 3.8) is 0 Å². The van der Waals surface area contributed by atoms with Gasteiger partial charge in [0.1, 0.15) is 10.8 Å². The minimum atomic E-state index is -0.189. The number of fused-ring (bicyclic) bond motifs is 2. The van der Waals surface area contributed by atoms with Crippen molar-refractivity contribution in [2.75, 3.05) is 12.3 Å². The van der Waals surface area contributed by atoms with Crippen LogP contribution in [-0.4, -0.2) is 16.4 Å². The first-order valence-electron chi connectivity index (χ1n) is 8.90. The minimum absolute atomic E-state index is 0.189. The molecule has 4 aromatic rings. The lowest BCUT2D eigenvalue weighted by Crippen LogP contribution is -2.29. The number of para-hydroxylation sites is 1. The van der Waals surface area contributed by atoms with Gasteiger partial charge in [-0.2, -0.15) is 0 Å². The maximum atomic E-state index is 13.1. The number of anilines is 1. The van der Waals surface area contributed by atoms with E-state index in [4.69, 9.17) is 10.7 Å². The number of thiazole rings is 1. The highest BCUT2D eigenvalue weighted by atomic mass is 32.1. The molecule has 0 unspecified atom stereocenters. The summed E-state index contributed by atoms with van der Waals surface area (Å²) in [6.07, 6.45) is 0.968. The summed E-state index contributed by atoms with van der Waals surface area (Å²) in [6, 6.07) is 15.0. The van der Waals surface area contributed by atoms with Crippen LogP contribution >= 0.6 is 22.7 Å². The van der Waals surface area contributed by atoms with Gasteiger partial charge in [0.25, 0.3) is 0 Å². The van der Waals surface area contributed by atoms with E-state index < -0.39 is 0 Å². The van der Waals surface area contributed by atoms with E-state index in [2.05, 4.69) is 17.0 Å². The van der Waals surface area contributed by atoms with E-state index in [9.17, 15) is 4.39 Å². The van der Waals surface area contributed by atoms with Crippen LogP contribution in [-0.2, 0) is 19.5 Å². The zero-order valence-corrected chi connectivity index (χ0v) is 16.2. The average Bonchev–Trinajstić information content (AvgIpc) is 3.22. The zero-order valence-electron chi connectivity index (χ0n) is 14.6. The van der Waals surface area contributed by atoms with Gasteiger partial charge in [0.2, 0.25) is 0 Å². The van der Waals surface area contributed by atoms with E-state index in [1.54, 1.807) is 22.7 Å². The Bertz CT molecular complexity index is 1080. The molecular weight excluding hydrogens is 377 g/mol. The van der Waals surface area contributed by atoms with Crippen molar-refractivity contribution < 1.29 is 4.39 Å². The van der Waals surface area contributed by atoms with Gasteiger partial charge in [0.15, 0.2) is 0 Å².